The summed E-state index contributed by atoms with van der Waals surface area (Å²) in [6, 6.07) is 67.5. The summed E-state index contributed by atoms with van der Waals surface area (Å²) < 4.78 is 6.07. The van der Waals surface area contributed by atoms with Crippen LogP contribution in [0.4, 0.5) is 17.1 Å². The molecule has 0 aliphatic carbocycles. The van der Waals surface area contributed by atoms with Gasteiger partial charge in [-0.2, -0.15) is 0 Å². The number of anilines is 3. The molecule has 276 valence electrons. The van der Waals surface area contributed by atoms with E-state index in [0.717, 1.165) is 89.5 Å². The second-order valence-electron chi connectivity index (χ2n) is 14.7. The van der Waals surface area contributed by atoms with Crippen LogP contribution in [0.3, 0.4) is 0 Å². The van der Waals surface area contributed by atoms with Gasteiger partial charge in [-0.1, -0.05) is 132 Å². The molecule has 2 heterocycles. The van der Waals surface area contributed by atoms with E-state index in [1.165, 1.54) is 11.1 Å². The predicted octanol–water partition coefficient (Wildman–Crippen LogP) is 14.2. The van der Waals surface area contributed by atoms with Gasteiger partial charge < -0.3 is 9.32 Å². The van der Waals surface area contributed by atoms with Gasteiger partial charge in [0.1, 0.15) is 5.52 Å². The van der Waals surface area contributed by atoms with Crippen LogP contribution >= 0.6 is 0 Å². The maximum Gasteiger partial charge on any atom is 0.227 e. The van der Waals surface area contributed by atoms with Crippen molar-refractivity contribution in [2.45, 2.75) is 13.8 Å². The van der Waals surface area contributed by atoms with E-state index in [1.54, 1.807) is 0 Å². The van der Waals surface area contributed by atoms with Crippen LogP contribution < -0.4 is 4.90 Å². The first-order valence-corrected chi connectivity index (χ1v) is 19.5. The van der Waals surface area contributed by atoms with Crippen molar-refractivity contribution in [3.63, 3.8) is 0 Å². The lowest BCUT2D eigenvalue weighted by Gasteiger charge is -2.25. The van der Waals surface area contributed by atoms with Crippen molar-refractivity contribution in [2.75, 3.05) is 4.90 Å². The largest absolute Gasteiger partial charge is 0.436 e. The first-order chi connectivity index (χ1) is 28.5. The van der Waals surface area contributed by atoms with Crippen LogP contribution in [0.2, 0.25) is 0 Å². The van der Waals surface area contributed by atoms with E-state index in [-0.39, 0.29) is 0 Å². The molecule has 0 aliphatic rings. The van der Waals surface area contributed by atoms with E-state index in [4.69, 9.17) is 19.4 Å². The predicted molar refractivity (Wildman–Crippen MR) is 238 cm³/mol. The second kappa shape index (κ2) is 14.8. The molecule has 5 nitrogen and oxygen atoms in total. The molecule has 0 radical (unpaired) electrons. The summed E-state index contributed by atoms with van der Waals surface area (Å²) in [5, 5.41) is 0. The van der Waals surface area contributed by atoms with Gasteiger partial charge in [0.15, 0.2) is 5.58 Å². The number of hydrogen-bond donors (Lipinski definition) is 0. The van der Waals surface area contributed by atoms with E-state index in [1.807, 2.05) is 36.4 Å². The minimum atomic E-state index is 0.603. The zero-order chi connectivity index (χ0) is 39.0. The molecule has 0 bridgehead atoms. The third-order valence-corrected chi connectivity index (χ3v) is 10.7. The summed E-state index contributed by atoms with van der Waals surface area (Å²) in [4.78, 5) is 17.8. The molecular formula is C53H38N4O. The Bertz CT molecular complexity index is 3000. The number of oxazole rings is 1. The van der Waals surface area contributed by atoms with Gasteiger partial charge in [-0.3, -0.25) is 0 Å². The van der Waals surface area contributed by atoms with Crippen molar-refractivity contribution < 1.29 is 4.42 Å². The van der Waals surface area contributed by atoms with Crippen LogP contribution in [0.25, 0.3) is 78.4 Å². The molecule has 58 heavy (non-hydrogen) atoms. The topological polar surface area (TPSA) is 55.1 Å². The van der Waals surface area contributed by atoms with Gasteiger partial charge in [-0.05, 0) is 109 Å². The molecule has 8 aromatic carbocycles. The van der Waals surface area contributed by atoms with Gasteiger partial charge >= 0.3 is 0 Å². The normalized spacial score (nSPS) is 11.3. The number of hydrogen-bond acceptors (Lipinski definition) is 5. The molecule has 0 amide bonds. The number of rotatable bonds is 8. The Labute approximate surface area is 337 Å². The van der Waals surface area contributed by atoms with E-state index >= 15 is 0 Å². The zero-order valence-electron chi connectivity index (χ0n) is 32.2. The second-order valence-corrected chi connectivity index (χ2v) is 14.7. The number of aromatic nitrogens is 3. The van der Waals surface area contributed by atoms with Crippen molar-refractivity contribution >= 4 is 39.2 Å². The molecule has 0 unspecified atom stereocenters. The van der Waals surface area contributed by atoms with Crippen molar-refractivity contribution in [1.29, 1.82) is 0 Å². The van der Waals surface area contributed by atoms with Crippen molar-refractivity contribution in [3.05, 3.63) is 205 Å². The van der Waals surface area contributed by atoms with Gasteiger partial charge in [-0.25, -0.2) is 15.0 Å². The average Bonchev–Trinajstić information content (AvgIpc) is 3.72. The molecule has 2 aromatic heterocycles. The zero-order valence-corrected chi connectivity index (χ0v) is 32.2. The van der Waals surface area contributed by atoms with Crippen LogP contribution in [0.15, 0.2) is 199 Å². The summed E-state index contributed by atoms with van der Waals surface area (Å²) in [5.74, 6) is 0.603. The highest BCUT2D eigenvalue weighted by Crippen LogP contribution is 2.40. The first-order valence-electron chi connectivity index (χ1n) is 19.5. The number of benzene rings is 8. The Morgan fingerprint density at radius 3 is 1.33 bits per heavy atom. The van der Waals surface area contributed by atoms with E-state index < -0.39 is 0 Å². The minimum Gasteiger partial charge on any atom is -0.436 e. The molecular weight excluding hydrogens is 709 g/mol. The molecule has 0 saturated carbocycles. The van der Waals surface area contributed by atoms with E-state index in [9.17, 15) is 0 Å². The van der Waals surface area contributed by atoms with E-state index in [0.29, 0.717) is 5.89 Å². The van der Waals surface area contributed by atoms with Crippen molar-refractivity contribution in [3.8, 4) is 56.2 Å². The fraction of sp³-hybridized carbons (Fsp3) is 0.0377. The third-order valence-electron chi connectivity index (χ3n) is 10.7. The molecule has 0 atom stereocenters. The highest BCUT2D eigenvalue weighted by atomic mass is 16.3. The summed E-state index contributed by atoms with van der Waals surface area (Å²) in [6.07, 6.45) is 0. The van der Waals surface area contributed by atoms with E-state index in [2.05, 4.69) is 176 Å². The third kappa shape index (κ3) is 6.69. The molecule has 0 aliphatic heterocycles. The maximum atomic E-state index is 6.07. The van der Waals surface area contributed by atoms with Crippen LogP contribution in [-0.2, 0) is 0 Å². The highest BCUT2D eigenvalue weighted by Gasteiger charge is 2.19. The number of fused-ring (bicyclic) bond motifs is 2. The lowest BCUT2D eigenvalue weighted by molar-refractivity contribution is 0.620. The molecule has 0 N–H and O–H groups in total. The molecule has 0 fully saturated rings. The maximum absolute atomic E-state index is 6.07. The monoisotopic (exact) mass is 746 g/mol. The Kier molecular flexibility index (Phi) is 8.88. The summed E-state index contributed by atoms with van der Waals surface area (Å²) in [6.45, 7) is 4.24. The molecule has 0 saturated heterocycles. The van der Waals surface area contributed by atoms with Crippen LogP contribution in [-0.4, -0.2) is 15.0 Å². The van der Waals surface area contributed by atoms with Crippen LogP contribution in [0, 0.1) is 13.8 Å². The summed E-state index contributed by atoms with van der Waals surface area (Å²) in [7, 11) is 0. The number of aryl methyl sites for hydroxylation is 2. The lowest BCUT2D eigenvalue weighted by atomic mass is 9.92. The number of para-hydroxylation sites is 3. The average molecular weight is 747 g/mol. The Balaban J connectivity index is 1.08. The standard InChI is InChI=1S/C53H38N4O/c1-35-17-21-37(22-18-35)45-33-48-49(34-46(45)38-23-19-36(2)20-24-38)55-52(51(54-48)39-11-5-3-6-12-39)40-25-29-43(30-26-40)57(42-13-7-4-8-14-42)44-31-27-41(28-32-44)53-56-47-15-9-10-16-50(47)58-53/h3-34H,1-2H3. The van der Waals surface area contributed by atoms with Crippen molar-refractivity contribution in [2.24, 2.45) is 0 Å². The minimum absolute atomic E-state index is 0.603. The Morgan fingerprint density at radius 1 is 0.362 bits per heavy atom. The lowest BCUT2D eigenvalue weighted by Crippen LogP contribution is -2.09. The first kappa shape index (κ1) is 34.8. The SMILES string of the molecule is Cc1ccc(-c2cc3nc(-c4ccccc4)c(-c4ccc(N(c5ccccc5)c5ccc(-c6nc7ccccc7o6)cc5)cc4)nc3cc2-c2ccc(C)cc2)cc1. The van der Waals surface area contributed by atoms with Gasteiger partial charge in [0.25, 0.3) is 0 Å². The van der Waals surface area contributed by atoms with Gasteiger partial charge in [0.05, 0.1) is 22.4 Å². The quantitative estimate of drug-likeness (QED) is 0.155. The van der Waals surface area contributed by atoms with Gasteiger partial charge in [-0.15, -0.1) is 0 Å². The number of nitrogens with zero attached hydrogens (tertiary/aromatic N) is 4. The smallest absolute Gasteiger partial charge is 0.227 e. The van der Waals surface area contributed by atoms with Crippen LogP contribution in [0.5, 0.6) is 0 Å². The molecule has 5 heteroatoms. The summed E-state index contributed by atoms with van der Waals surface area (Å²) in [5.41, 5.74) is 18.0. The fourth-order valence-electron chi connectivity index (χ4n) is 7.59. The van der Waals surface area contributed by atoms with Gasteiger partial charge in [0.2, 0.25) is 5.89 Å². The summed E-state index contributed by atoms with van der Waals surface area (Å²) >= 11 is 0. The van der Waals surface area contributed by atoms with Gasteiger partial charge in [0, 0.05) is 33.8 Å². The molecule has 0 spiro atoms. The van der Waals surface area contributed by atoms with Crippen molar-refractivity contribution in [1.82, 2.24) is 15.0 Å². The Hall–Kier alpha value is -7.63. The van der Waals surface area contributed by atoms with Crippen LogP contribution in [0.1, 0.15) is 11.1 Å². The Morgan fingerprint density at radius 2 is 0.793 bits per heavy atom. The molecule has 10 rings (SSSR count). The molecule has 10 aromatic rings. The highest BCUT2D eigenvalue weighted by molar-refractivity contribution is 5.96. The fourth-order valence-corrected chi connectivity index (χ4v) is 7.59.